The summed E-state index contributed by atoms with van der Waals surface area (Å²) in [6.07, 6.45) is 0.792. The molecule has 4 nitrogen and oxygen atoms in total. The van der Waals surface area contributed by atoms with Gasteiger partial charge in [0.25, 0.3) is 6.43 Å². The molecule has 0 heterocycles. The number of amides is 1. The van der Waals surface area contributed by atoms with Crippen LogP contribution in [-0.4, -0.2) is 25.0 Å². The van der Waals surface area contributed by atoms with Crippen LogP contribution in [0.1, 0.15) is 24.8 Å². The Balaban J connectivity index is 0.00000208. The van der Waals surface area contributed by atoms with Crippen LogP contribution in [0.4, 0.5) is 8.78 Å². The van der Waals surface area contributed by atoms with Crippen LogP contribution in [0.15, 0.2) is 24.3 Å². The van der Waals surface area contributed by atoms with Gasteiger partial charge in [-0.15, -0.1) is 12.4 Å². The fourth-order valence-electron chi connectivity index (χ4n) is 3.94. The zero-order valence-electron chi connectivity index (χ0n) is 13.3. The SMILES string of the molecule is Cl.NC1C2CCC(C2)C1C(=O)NCc1cccc(OCC(F)F)c1. The van der Waals surface area contributed by atoms with Crippen LogP contribution >= 0.6 is 12.4 Å². The Morgan fingerprint density at radius 3 is 2.75 bits per heavy atom. The first kappa shape index (κ1) is 18.9. The molecule has 0 saturated heterocycles. The predicted octanol–water partition coefficient (Wildman–Crippen LogP) is 2.74. The van der Waals surface area contributed by atoms with Crippen LogP contribution in [-0.2, 0) is 11.3 Å². The summed E-state index contributed by atoms with van der Waals surface area (Å²) in [4.78, 5) is 12.4. The van der Waals surface area contributed by atoms with Crippen LogP contribution < -0.4 is 15.8 Å². The lowest BCUT2D eigenvalue weighted by Gasteiger charge is -2.27. The van der Waals surface area contributed by atoms with Gasteiger partial charge in [0.05, 0.1) is 5.92 Å². The summed E-state index contributed by atoms with van der Waals surface area (Å²) in [5, 5.41) is 2.93. The fourth-order valence-corrected chi connectivity index (χ4v) is 3.94. The van der Waals surface area contributed by atoms with Gasteiger partial charge in [-0.25, -0.2) is 8.78 Å². The molecule has 0 spiro atoms. The summed E-state index contributed by atoms with van der Waals surface area (Å²) >= 11 is 0. The largest absolute Gasteiger partial charge is 0.488 e. The minimum Gasteiger partial charge on any atom is -0.488 e. The number of halogens is 3. The molecule has 2 aliphatic rings. The molecule has 2 fully saturated rings. The smallest absolute Gasteiger partial charge is 0.272 e. The molecular formula is C17H23ClF2N2O2. The second-order valence-electron chi connectivity index (χ2n) is 6.50. The molecule has 4 unspecified atom stereocenters. The zero-order valence-corrected chi connectivity index (χ0v) is 14.1. The number of fused-ring (bicyclic) bond motifs is 2. The number of carbonyl (C=O) groups excluding carboxylic acids is 1. The average molecular weight is 361 g/mol. The minimum atomic E-state index is -2.50. The zero-order chi connectivity index (χ0) is 16.4. The van der Waals surface area contributed by atoms with E-state index >= 15 is 0 Å². The number of alkyl halides is 2. The Labute approximate surface area is 146 Å². The van der Waals surface area contributed by atoms with E-state index in [1.165, 1.54) is 0 Å². The Morgan fingerprint density at radius 1 is 1.33 bits per heavy atom. The van der Waals surface area contributed by atoms with Gasteiger partial charge in [0.15, 0.2) is 0 Å². The van der Waals surface area contributed by atoms with Crippen molar-refractivity contribution in [3.05, 3.63) is 29.8 Å². The summed E-state index contributed by atoms with van der Waals surface area (Å²) < 4.78 is 29.3. The van der Waals surface area contributed by atoms with Gasteiger partial charge in [0.1, 0.15) is 12.4 Å². The quantitative estimate of drug-likeness (QED) is 0.819. The third-order valence-electron chi connectivity index (χ3n) is 5.02. The van der Waals surface area contributed by atoms with Crippen LogP contribution in [0.5, 0.6) is 5.75 Å². The number of ether oxygens (including phenoxy) is 1. The first-order chi connectivity index (χ1) is 11.0. The van der Waals surface area contributed by atoms with E-state index in [1.807, 2.05) is 6.07 Å². The molecule has 2 aliphatic carbocycles. The van der Waals surface area contributed by atoms with Gasteiger partial charge in [0, 0.05) is 12.6 Å². The van der Waals surface area contributed by atoms with Crippen LogP contribution in [0.2, 0.25) is 0 Å². The van der Waals surface area contributed by atoms with Crippen molar-refractivity contribution in [2.45, 2.75) is 38.3 Å². The number of hydrogen-bond acceptors (Lipinski definition) is 3. The van der Waals surface area contributed by atoms with Gasteiger partial charge in [-0.1, -0.05) is 12.1 Å². The molecule has 2 saturated carbocycles. The van der Waals surface area contributed by atoms with Crippen LogP contribution in [0.3, 0.4) is 0 Å². The van der Waals surface area contributed by atoms with E-state index in [2.05, 4.69) is 5.32 Å². The van der Waals surface area contributed by atoms with Gasteiger partial charge < -0.3 is 15.8 Å². The first-order valence-electron chi connectivity index (χ1n) is 8.08. The third kappa shape index (κ3) is 4.16. The second kappa shape index (κ2) is 8.12. The topological polar surface area (TPSA) is 64.4 Å². The third-order valence-corrected chi connectivity index (χ3v) is 5.02. The molecule has 1 aromatic carbocycles. The molecular weight excluding hydrogens is 338 g/mol. The Bertz CT molecular complexity index is 571. The molecule has 0 radical (unpaired) electrons. The fraction of sp³-hybridized carbons (Fsp3) is 0.588. The van der Waals surface area contributed by atoms with E-state index in [4.69, 9.17) is 10.5 Å². The molecule has 2 bridgehead atoms. The van der Waals surface area contributed by atoms with Crippen molar-refractivity contribution in [2.75, 3.05) is 6.61 Å². The molecule has 4 atom stereocenters. The molecule has 3 N–H and O–H groups in total. The van der Waals surface area contributed by atoms with Crippen molar-refractivity contribution in [3.8, 4) is 5.75 Å². The van der Waals surface area contributed by atoms with Crippen molar-refractivity contribution in [2.24, 2.45) is 23.5 Å². The normalized spacial score (nSPS) is 27.8. The molecule has 0 aromatic heterocycles. The van der Waals surface area contributed by atoms with Crippen LogP contribution in [0, 0.1) is 17.8 Å². The second-order valence-corrected chi connectivity index (χ2v) is 6.50. The Morgan fingerprint density at radius 2 is 2.08 bits per heavy atom. The van der Waals surface area contributed by atoms with E-state index in [9.17, 15) is 13.6 Å². The molecule has 24 heavy (non-hydrogen) atoms. The number of hydrogen-bond donors (Lipinski definition) is 2. The van der Waals surface area contributed by atoms with Crippen molar-refractivity contribution >= 4 is 18.3 Å². The summed E-state index contributed by atoms with van der Waals surface area (Å²) in [5.74, 6) is 1.20. The highest BCUT2D eigenvalue weighted by Gasteiger charge is 2.48. The van der Waals surface area contributed by atoms with E-state index in [1.54, 1.807) is 18.2 Å². The molecule has 3 rings (SSSR count). The Kier molecular flexibility index (Phi) is 6.40. The molecule has 1 aromatic rings. The van der Waals surface area contributed by atoms with Gasteiger partial charge in [-0.05, 0) is 48.8 Å². The van der Waals surface area contributed by atoms with Crippen LogP contribution in [0.25, 0.3) is 0 Å². The number of benzene rings is 1. The molecule has 1 amide bonds. The van der Waals surface area contributed by atoms with E-state index in [-0.39, 0.29) is 30.3 Å². The monoisotopic (exact) mass is 360 g/mol. The van der Waals surface area contributed by atoms with E-state index in [0.29, 0.717) is 24.1 Å². The minimum absolute atomic E-state index is 0. The first-order valence-corrected chi connectivity index (χ1v) is 8.08. The van der Waals surface area contributed by atoms with E-state index in [0.717, 1.165) is 24.8 Å². The maximum Gasteiger partial charge on any atom is 0.272 e. The van der Waals surface area contributed by atoms with E-state index < -0.39 is 13.0 Å². The number of nitrogens with two attached hydrogens (primary N) is 1. The van der Waals surface area contributed by atoms with Crippen molar-refractivity contribution in [3.63, 3.8) is 0 Å². The summed E-state index contributed by atoms with van der Waals surface area (Å²) in [6, 6.07) is 6.82. The summed E-state index contributed by atoms with van der Waals surface area (Å²) in [5.41, 5.74) is 7.00. The standard InChI is InChI=1S/C17H22F2N2O2.ClH/c18-14(19)9-23-13-3-1-2-10(6-13)8-21-17(22)15-11-4-5-12(7-11)16(15)20;/h1-3,6,11-12,14-16H,4-5,7-9,20H2,(H,21,22);1H. The molecule has 7 heteroatoms. The maximum atomic E-state index is 12.4. The van der Waals surface area contributed by atoms with Gasteiger partial charge in [-0.2, -0.15) is 0 Å². The summed E-state index contributed by atoms with van der Waals surface area (Å²) in [6.45, 7) is -0.277. The van der Waals surface area contributed by atoms with Crippen molar-refractivity contribution in [1.29, 1.82) is 0 Å². The van der Waals surface area contributed by atoms with Gasteiger partial charge in [-0.3, -0.25) is 4.79 Å². The summed E-state index contributed by atoms with van der Waals surface area (Å²) in [7, 11) is 0. The Hall–Kier alpha value is -1.40. The average Bonchev–Trinajstić information content (AvgIpc) is 3.12. The highest BCUT2D eigenvalue weighted by atomic mass is 35.5. The molecule has 134 valence electrons. The molecule has 0 aliphatic heterocycles. The lowest BCUT2D eigenvalue weighted by atomic mass is 9.84. The van der Waals surface area contributed by atoms with Crippen molar-refractivity contribution < 1.29 is 18.3 Å². The lowest BCUT2D eigenvalue weighted by molar-refractivity contribution is -0.127. The lowest BCUT2D eigenvalue weighted by Crippen LogP contribution is -2.45. The van der Waals surface area contributed by atoms with Crippen molar-refractivity contribution in [1.82, 2.24) is 5.32 Å². The maximum absolute atomic E-state index is 12.4. The number of carbonyl (C=O) groups is 1. The predicted molar refractivity (Wildman–Crippen MR) is 89.3 cm³/mol. The number of nitrogens with one attached hydrogen (secondary N) is 1. The highest BCUT2D eigenvalue weighted by molar-refractivity contribution is 5.85. The van der Waals surface area contributed by atoms with Gasteiger partial charge >= 0.3 is 0 Å². The number of rotatable bonds is 6. The van der Waals surface area contributed by atoms with Gasteiger partial charge in [0.2, 0.25) is 5.91 Å². The highest BCUT2D eigenvalue weighted by Crippen LogP contribution is 2.47.